The van der Waals surface area contributed by atoms with Gasteiger partial charge in [-0.2, -0.15) is 18.3 Å². The van der Waals surface area contributed by atoms with Crippen molar-refractivity contribution in [2.75, 3.05) is 25.1 Å². The molecular weight excluding hydrogens is 711 g/mol. The number of unbranched alkanes of at least 4 members (excludes halogenated alkanes) is 2. The zero-order valence-corrected chi connectivity index (χ0v) is 32.2. The first kappa shape index (κ1) is 41.1. The predicted molar refractivity (Wildman–Crippen MR) is 206 cm³/mol. The van der Waals surface area contributed by atoms with Crippen LogP contribution in [0.4, 0.5) is 23.7 Å². The Balaban J connectivity index is 1.44. The van der Waals surface area contributed by atoms with E-state index in [0.29, 0.717) is 41.9 Å². The fourth-order valence-electron chi connectivity index (χ4n) is 5.84. The number of halogens is 3. The van der Waals surface area contributed by atoms with Crippen LogP contribution in [0.25, 0.3) is 5.69 Å². The highest BCUT2D eigenvalue weighted by Crippen LogP contribution is 2.40. The van der Waals surface area contributed by atoms with Crippen molar-refractivity contribution in [2.24, 2.45) is 5.92 Å². The van der Waals surface area contributed by atoms with Crippen molar-refractivity contribution in [3.05, 3.63) is 101 Å². The molecule has 0 bridgehead atoms. The Morgan fingerprint density at radius 2 is 1.62 bits per heavy atom. The molecule has 0 spiro atoms. The number of nitrogens with one attached hydrogen (secondary N) is 3. The molecule has 0 radical (unpaired) electrons. The molecule has 1 heterocycles. The number of aromatic nitrogens is 2. The highest BCUT2D eigenvalue weighted by molar-refractivity contribution is 6.03. The second-order valence-electron chi connectivity index (χ2n) is 14.8. The lowest BCUT2D eigenvalue weighted by molar-refractivity contribution is -0.141. The van der Waals surface area contributed by atoms with Gasteiger partial charge in [-0.1, -0.05) is 63.1 Å². The van der Waals surface area contributed by atoms with E-state index in [0.717, 1.165) is 66.9 Å². The number of alkyl carbamates (subject to hydrolysis) is 1. The van der Waals surface area contributed by atoms with E-state index in [2.05, 4.69) is 34.9 Å². The summed E-state index contributed by atoms with van der Waals surface area (Å²) in [4.78, 5) is 26.1. The maximum atomic E-state index is 14.0. The summed E-state index contributed by atoms with van der Waals surface area (Å²) in [5.41, 5.74) is 0.646. The second kappa shape index (κ2) is 18.5. The van der Waals surface area contributed by atoms with Gasteiger partial charge in [0.05, 0.1) is 24.9 Å². The Morgan fingerprint density at radius 1 is 0.909 bits per heavy atom. The van der Waals surface area contributed by atoms with Gasteiger partial charge in [0.1, 0.15) is 11.3 Å². The SMILES string of the molecule is CCCCOc1cccc(C(NCC2CC2)c2cccc(NC(=O)c3cc(C(F)(F)F)nn3-c3cccc(CNC(=O)OC(C)(C)C)c3)c2)c1OCCCC. The third-order valence-electron chi connectivity index (χ3n) is 8.83. The van der Waals surface area contributed by atoms with Crippen LogP contribution in [0.15, 0.2) is 72.8 Å². The van der Waals surface area contributed by atoms with Gasteiger partial charge in [0.25, 0.3) is 5.91 Å². The van der Waals surface area contributed by atoms with Crippen LogP contribution < -0.4 is 25.4 Å². The summed E-state index contributed by atoms with van der Waals surface area (Å²) in [7, 11) is 0. The number of nitrogens with zero attached hydrogens (tertiary/aromatic N) is 2. The molecule has 10 nitrogen and oxygen atoms in total. The topological polar surface area (TPSA) is 116 Å². The minimum atomic E-state index is -4.80. The number of carbonyl (C=O) groups excluding carboxylic acids is 2. The Labute approximate surface area is 321 Å². The predicted octanol–water partition coefficient (Wildman–Crippen LogP) is 9.61. The highest BCUT2D eigenvalue weighted by atomic mass is 19.4. The second-order valence-corrected chi connectivity index (χ2v) is 14.8. The minimum absolute atomic E-state index is 0.0412. The van der Waals surface area contributed by atoms with E-state index in [1.54, 1.807) is 51.1 Å². The van der Waals surface area contributed by atoms with Gasteiger partial charge >= 0.3 is 12.3 Å². The zero-order chi connectivity index (χ0) is 39.6. The molecule has 3 N–H and O–H groups in total. The third kappa shape index (κ3) is 12.0. The van der Waals surface area contributed by atoms with Gasteiger partial charge in [-0.15, -0.1) is 0 Å². The summed E-state index contributed by atoms with van der Waals surface area (Å²) in [6.45, 7) is 11.3. The van der Waals surface area contributed by atoms with E-state index in [-0.39, 0.29) is 24.0 Å². The number of hydrogen-bond donors (Lipinski definition) is 3. The summed E-state index contributed by atoms with van der Waals surface area (Å²) in [6.07, 6.45) is 0.597. The van der Waals surface area contributed by atoms with Gasteiger partial charge < -0.3 is 30.2 Å². The number of ether oxygens (including phenoxy) is 3. The van der Waals surface area contributed by atoms with Crippen molar-refractivity contribution < 1.29 is 37.0 Å². The third-order valence-corrected chi connectivity index (χ3v) is 8.83. The van der Waals surface area contributed by atoms with Crippen molar-refractivity contribution in [3.63, 3.8) is 0 Å². The molecule has 2 amide bonds. The minimum Gasteiger partial charge on any atom is -0.490 e. The molecule has 4 aromatic rings. The number of anilines is 1. The fourth-order valence-corrected chi connectivity index (χ4v) is 5.84. The highest BCUT2D eigenvalue weighted by Gasteiger charge is 2.36. The van der Waals surface area contributed by atoms with Crippen molar-refractivity contribution in [1.29, 1.82) is 0 Å². The molecule has 1 unspecified atom stereocenters. The molecule has 296 valence electrons. The number of rotatable bonds is 18. The molecule has 1 atom stereocenters. The van der Waals surface area contributed by atoms with Crippen LogP contribution in [0.1, 0.15) is 112 Å². The average molecular weight is 764 g/mol. The fraction of sp³-hybridized carbons (Fsp3) is 0.452. The zero-order valence-electron chi connectivity index (χ0n) is 32.2. The molecule has 1 fully saturated rings. The molecule has 0 aliphatic heterocycles. The monoisotopic (exact) mass is 763 g/mol. The number of para-hydroxylation sites is 1. The first-order valence-corrected chi connectivity index (χ1v) is 19.0. The van der Waals surface area contributed by atoms with Gasteiger partial charge in [0.15, 0.2) is 17.2 Å². The maximum Gasteiger partial charge on any atom is 0.435 e. The molecule has 1 aliphatic carbocycles. The van der Waals surface area contributed by atoms with Gasteiger partial charge in [0, 0.05) is 23.9 Å². The van der Waals surface area contributed by atoms with E-state index in [1.165, 1.54) is 6.07 Å². The summed E-state index contributed by atoms with van der Waals surface area (Å²) < 4.78 is 60.8. The van der Waals surface area contributed by atoms with Crippen molar-refractivity contribution >= 4 is 17.7 Å². The number of benzene rings is 3. The normalized spacial score (nSPS) is 13.6. The standard InChI is InChI=1S/C42H52F3N5O5/c1-6-8-21-53-35-18-12-17-33(38(35)54-22-9-7-2)37(46-26-28-19-20-28)30-14-11-15-31(24-30)48-39(51)34-25-36(42(43,44)45)49-50(34)32-16-10-13-29(23-32)27-47-40(52)55-41(3,4)5/h10-18,23-25,28,37,46H,6-9,19-22,26-27H2,1-5H3,(H,47,52)(H,48,51). The molecule has 5 rings (SSSR count). The number of amides is 2. The summed E-state index contributed by atoms with van der Waals surface area (Å²) in [5, 5.41) is 13.0. The first-order valence-electron chi connectivity index (χ1n) is 19.0. The van der Waals surface area contributed by atoms with Crippen LogP contribution in [-0.4, -0.2) is 47.1 Å². The van der Waals surface area contributed by atoms with E-state index in [1.807, 2.05) is 30.3 Å². The van der Waals surface area contributed by atoms with Crippen LogP contribution in [0.2, 0.25) is 0 Å². The van der Waals surface area contributed by atoms with Gasteiger partial charge in [0.2, 0.25) is 0 Å². The van der Waals surface area contributed by atoms with Crippen LogP contribution in [-0.2, 0) is 17.5 Å². The Kier molecular flexibility index (Phi) is 13.9. The molecule has 13 heteroatoms. The van der Waals surface area contributed by atoms with E-state index < -0.39 is 29.5 Å². The Morgan fingerprint density at radius 3 is 2.31 bits per heavy atom. The molecule has 55 heavy (non-hydrogen) atoms. The van der Waals surface area contributed by atoms with Gasteiger partial charge in [-0.25, -0.2) is 9.48 Å². The van der Waals surface area contributed by atoms with Gasteiger partial charge in [-0.05, 0) is 100 Å². The van der Waals surface area contributed by atoms with Crippen molar-refractivity contribution in [1.82, 2.24) is 20.4 Å². The van der Waals surface area contributed by atoms with Crippen LogP contribution >= 0.6 is 0 Å². The lowest BCUT2D eigenvalue weighted by Crippen LogP contribution is -2.32. The van der Waals surface area contributed by atoms with Crippen molar-refractivity contribution in [3.8, 4) is 17.2 Å². The van der Waals surface area contributed by atoms with E-state index in [4.69, 9.17) is 14.2 Å². The quantitative estimate of drug-likeness (QED) is 0.0865. The summed E-state index contributed by atoms with van der Waals surface area (Å²) >= 11 is 0. The molecule has 1 aliphatic rings. The molecule has 1 saturated carbocycles. The number of carbonyl (C=O) groups is 2. The average Bonchev–Trinajstić information content (AvgIpc) is 3.84. The lowest BCUT2D eigenvalue weighted by atomic mass is 9.96. The Hall–Kier alpha value is -5.04. The largest absolute Gasteiger partial charge is 0.490 e. The van der Waals surface area contributed by atoms with Crippen LogP contribution in [0.3, 0.4) is 0 Å². The molecule has 1 aromatic heterocycles. The Bertz CT molecular complexity index is 1900. The summed E-state index contributed by atoms with van der Waals surface area (Å²) in [5.74, 6) is 1.12. The molecule has 3 aromatic carbocycles. The number of alkyl halides is 3. The molecule has 0 saturated heterocycles. The van der Waals surface area contributed by atoms with Crippen LogP contribution in [0, 0.1) is 5.92 Å². The lowest BCUT2D eigenvalue weighted by Gasteiger charge is -2.25. The van der Waals surface area contributed by atoms with Crippen molar-refractivity contribution in [2.45, 2.75) is 97.5 Å². The summed E-state index contributed by atoms with van der Waals surface area (Å²) in [6, 6.07) is 19.9. The smallest absolute Gasteiger partial charge is 0.435 e. The molecular formula is C42H52F3N5O5. The first-order chi connectivity index (χ1) is 26.3. The van der Waals surface area contributed by atoms with E-state index in [9.17, 15) is 22.8 Å². The van der Waals surface area contributed by atoms with Crippen LogP contribution in [0.5, 0.6) is 11.5 Å². The van der Waals surface area contributed by atoms with E-state index >= 15 is 0 Å². The number of hydrogen-bond acceptors (Lipinski definition) is 7. The maximum absolute atomic E-state index is 14.0. The van der Waals surface area contributed by atoms with Gasteiger partial charge in [-0.3, -0.25) is 4.79 Å².